The molecule has 7 heteroatoms. The van der Waals surface area contributed by atoms with Gasteiger partial charge in [0, 0.05) is 51.3 Å². The lowest BCUT2D eigenvalue weighted by atomic mass is 10.3. The third kappa shape index (κ3) is 3.06. The lowest BCUT2D eigenvalue weighted by molar-refractivity contribution is 0.263. The molecular formula is C14H18N6S. The molecule has 2 aromatic rings. The first-order valence-electron chi connectivity index (χ1n) is 6.97. The lowest BCUT2D eigenvalue weighted by Gasteiger charge is -2.18. The van der Waals surface area contributed by atoms with Crippen LogP contribution in [0.3, 0.4) is 0 Å². The molecule has 0 spiro atoms. The topological polar surface area (TPSA) is 61.0 Å². The van der Waals surface area contributed by atoms with Crippen molar-refractivity contribution in [1.82, 2.24) is 19.7 Å². The second-order valence-corrected chi connectivity index (χ2v) is 6.52. The molecule has 0 unspecified atom stereocenters. The van der Waals surface area contributed by atoms with E-state index in [0.29, 0.717) is 5.69 Å². The fraction of sp³-hybridized carbons (Fsp3) is 0.500. The molecule has 3 heterocycles. The van der Waals surface area contributed by atoms with Crippen LogP contribution in [0.4, 0.5) is 5.13 Å². The maximum absolute atomic E-state index is 8.96. The minimum Gasteiger partial charge on any atom is -0.354 e. The third-order valence-electron chi connectivity index (χ3n) is 3.51. The Balaban J connectivity index is 1.72. The van der Waals surface area contributed by atoms with Gasteiger partial charge in [0.2, 0.25) is 0 Å². The van der Waals surface area contributed by atoms with Gasteiger partial charge in [-0.15, -0.1) is 11.3 Å². The van der Waals surface area contributed by atoms with Crippen molar-refractivity contribution >= 4 is 16.5 Å². The number of rotatable bonds is 3. The zero-order valence-electron chi connectivity index (χ0n) is 12.3. The largest absolute Gasteiger partial charge is 0.354 e. The number of fused-ring (bicyclic) bond motifs is 1. The molecule has 0 aliphatic carbocycles. The van der Waals surface area contributed by atoms with Gasteiger partial charge in [-0.3, -0.25) is 9.58 Å². The van der Waals surface area contributed by atoms with Crippen LogP contribution in [0.1, 0.15) is 22.7 Å². The minimum atomic E-state index is 0.513. The summed E-state index contributed by atoms with van der Waals surface area (Å²) in [6, 6.07) is 4.02. The molecule has 110 valence electrons. The maximum atomic E-state index is 8.96. The summed E-state index contributed by atoms with van der Waals surface area (Å²) in [6.07, 6.45) is 3.02. The Morgan fingerprint density at radius 1 is 1.43 bits per heavy atom. The highest BCUT2D eigenvalue weighted by molar-refractivity contribution is 7.15. The number of aryl methyl sites for hydroxylation is 1. The summed E-state index contributed by atoms with van der Waals surface area (Å²) in [4.78, 5) is 10.1. The number of nitriles is 1. The van der Waals surface area contributed by atoms with Crippen LogP contribution in [0.5, 0.6) is 0 Å². The van der Waals surface area contributed by atoms with Crippen LogP contribution in [-0.2, 0) is 19.6 Å². The molecule has 2 aromatic heterocycles. The van der Waals surface area contributed by atoms with Gasteiger partial charge in [0.1, 0.15) is 6.07 Å². The standard InChI is InChI=1S/C14H18N6S/c1-18(2)14-16-8-13(21-14)10-19-4-3-5-20-12(9-19)6-11(7-15)17-20/h6,8H,3-5,9-10H2,1-2H3. The molecule has 0 radical (unpaired) electrons. The maximum Gasteiger partial charge on any atom is 0.185 e. The summed E-state index contributed by atoms with van der Waals surface area (Å²) in [5, 5.41) is 14.3. The fourth-order valence-corrected chi connectivity index (χ4v) is 3.39. The molecule has 21 heavy (non-hydrogen) atoms. The molecule has 6 nitrogen and oxygen atoms in total. The Bertz CT molecular complexity index is 665. The molecule has 0 atom stereocenters. The monoisotopic (exact) mass is 302 g/mol. The van der Waals surface area contributed by atoms with E-state index in [-0.39, 0.29) is 0 Å². The first-order valence-corrected chi connectivity index (χ1v) is 7.78. The van der Waals surface area contributed by atoms with Gasteiger partial charge in [0.15, 0.2) is 10.8 Å². The van der Waals surface area contributed by atoms with E-state index < -0.39 is 0 Å². The SMILES string of the molecule is CN(C)c1ncc(CN2CCCn3nc(C#N)cc3C2)s1. The Labute approximate surface area is 128 Å². The summed E-state index contributed by atoms with van der Waals surface area (Å²) in [5.74, 6) is 0. The number of anilines is 1. The highest BCUT2D eigenvalue weighted by atomic mass is 32.1. The summed E-state index contributed by atoms with van der Waals surface area (Å²) in [6.45, 7) is 3.67. The van der Waals surface area contributed by atoms with Gasteiger partial charge in [-0.2, -0.15) is 10.4 Å². The Morgan fingerprint density at radius 2 is 2.29 bits per heavy atom. The van der Waals surface area contributed by atoms with Crippen molar-refractivity contribution in [2.45, 2.75) is 26.1 Å². The number of nitrogens with zero attached hydrogens (tertiary/aromatic N) is 6. The summed E-state index contributed by atoms with van der Waals surface area (Å²) < 4.78 is 1.97. The van der Waals surface area contributed by atoms with Crippen molar-refractivity contribution in [3.63, 3.8) is 0 Å². The zero-order chi connectivity index (χ0) is 14.8. The van der Waals surface area contributed by atoms with E-state index in [0.717, 1.165) is 43.4 Å². The van der Waals surface area contributed by atoms with Crippen LogP contribution in [-0.4, -0.2) is 40.3 Å². The molecule has 0 bridgehead atoms. The smallest absolute Gasteiger partial charge is 0.185 e. The van der Waals surface area contributed by atoms with Crippen molar-refractivity contribution < 1.29 is 0 Å². The van der Waals surface area contributed by atoms with Gasteiger partial charge < -0.3 is 4.90 Å². The van der Waals surface area contributed by atoms with Gasteiger partial charge in [-0.05, 0) is 12.5 Å². The van der Waals surface area contributed by atoms with Crippen LogP contribution in [0.15, 0.2) is 12.3 Å². The molecule has 1 aliphatic heterocycles. The van der Waals surface area contributed by atoms with E-state index >= 15 is 0 Å². The van der Waals surface area contributed by atoms with E-state index in [1.54, 1.807) is 11.3 Å². The molecule has 3 rings (SSSR count). The number of aromatic nitrogens is 3. The number of thiazole rings is 1. The number of hydrogen-bond donors (Lipinski definition) is 0. The zero-order valence-corrected chi connectivity index (χ0v) is 13.1. The van der Waals surface area contributed by atoms with E-state index in [9.17, 15) is 0 Å². The van der Waals surface area contributed by atoms with E-state index in [2.05, 4.69) is 21.1 Å². The van der Waals surface area contributed by atoms with Gasteiger partial charge in [0.25, 0.3) is 0 Å². The van der Waals surface area contributed by atoms with Crippen LogP contribution >= 0.6 is 11.3 Å². The van der Waals surface area contributed by atoms with Gasteiger partial charge in [-0.1, -0.05) is 0 Å². The number of hydrogen-bond acceptors (Lipinski definition) is 6. The van der Waals surface area contributed by atoms with Crippen molar-refractivity contribution in [2.24, 2.45) is 0 Å². The molecule has 0 N–H and O–H groups in total. The predicted octanol–water partition coefficient (Wildman–Crippen LogP) is 1.68. The molecule has 0 aromatic carbocycles. The van der Waals surface area contributed by atoms with Gasteiger partial charge in [-0.25, -0.2) is 4.98 Å². The highest BCUT2D eigenvalue weighted by Crippen LogP contribution is 2.23. The lowest BCUT2D eigenvalue weighted by Crippen LogP contribution is -2.22. The van der Waals surface area contributed by atoms with Crippen molar-refractivity contribution in [2.75, 3.05) is 25.5 Å². The fourth-order valence-electron chi connectivity index (χ4n) is 2.52. The average Bonchev–Trinajstić information content (AvgIpc) is 3.02. The molecule has 0 fully saturated rings. The quantitative estimate of drug-likeness (QED) is 0.863. The molecule has 0 saturated carbocycles. The minimum absolute atomic E-state index is 0.513. The van der Waals surface area contributed by atoms with Crippen LogP contribution < -0.4 is 4.90 Å². The molecule has 1 aliphatic rings. The molecular weight excluding hydrogens is 284 g/mol. The first-order chi connectivity index (χ1) is 10.2. The van der Waals surface area contributed by atoms with E-state index in [4.69, 9.17) is 5.26 Å². The van der Waals surface area contributed by atoms with E-state index in [1.807, 2.05) is 35.9 Å². The van der Waals surface area contributed by atoms with Crippen LogP contribution in [0.25, 0.3) is 0 Å². The second-order valence-electron chi connectivity index (χ2n) is 5.42. The summed E-state index contributed by atoms with van der Waals surface area (Å²) in [7, 11) is 4.02. The van der Waals surface area contributed by atoms with Crippen molar-refractivity contribution in [1.29, 1.82) is 5.26 Å². The van der Waals surface area contributed by atoms with Crippen LogP contribution in [0.2, 0.25) is 0 Å². The van der Waals surface area contributed by atoms with Gasteiger partial charge >= 0.3 is 0 Å². The molecule has 0 amide bonds. The van der Waals surface area contributed by atoms with Gasteiger partial charge in [0.05, 0.1) is 5.69 Å². The average molecular weight is 302 g/mol. The Hall–Kier alpha value is -1.91. The van der Waals surface area contributed by atoms with Crippen molar-refractivity contribution in [3.8, 4) is 6.07 Å². The van der Waals surface area contributed by atoms with E-state index in [1.165, 1.54) is 4.88 Å². The summed E-state index contributed by atoms with van der Waals surface area (Å²) in [5.41, 5.74) is 1.64. The Kier molecular flexibility index (Phi) is 3.90. The first kappa shape index (κ1) is 14.0. The predicted molar refractivity (Wildman–Crippen MR) is 82.1 cm³/mol. The van der Waals surface area contributed by atoms with Crippen molar-refractivity contribution in [3.05, 3.63) is 28.5 Å². The third-order valence-corrected chi connectivity index (χ3v) is 4.66. The summed E-state index contributed by atoms with van der Waals surface area (Å²) >= 11 is 1.73. The normalized spacial score (nSPS) is 15.3. The Morgan fingerprint density at radius 3 is 3.00 bits per heavy atom. The second kappa shape index (κ2) is 5.84. The molecule has 0 saturated heterocycles. The highest BCUT2D eigenvalue weighted by Gasteiger charge is 2.17. The van der Waals surface area contributed by atoms with Crippen LogP contribution in [0, 0.1) is 11.3 Å².